The third-order valence-corrected chi connectivity index (χ3v) is 2.12. The van der Waals surface area contributed by atoms with Crippen LogP contribution in [0.25, 0.3) is 6.08 Å². The fourth-order valence-corrected chi connectivity index (χ4v) is 1.38. The van der Waals surface area contributed by atoms with Crippen LogP contribution in [0.15, 0.2) is 24.3 Å². The molecule has 0 radical (unpaired) electrons. The van der Waals surface area contributed by atoms with Crippen molar-refractivity contribution in [3.8, 4) is 11.5 Å². The molecule has 1 rings (SSSR count). The van der Waals surface area contributed by atoms with Crippen LogP contribution in [0.2, 0.25) is 0 Å². The first-order chi connectivity index (χ1) is 7.81. The van der Waals surface area contributed by atoms with Crippen molar-refractivity contribution >= 4 is 6.08 Å². The van der Waals surface area contributed by atoms with Crippen molar-refractivity contribution in [3.63, 3.8) is 0 Å². The summed E-state index contributed by atoms with van der Waals surface area (Å²) in [6.07, 6.45) is 4.11. The number of hydrogen-bond acceptors (Lipinski definition) is 3. The highest BCUT2D eigenvalue weighted by Gasteiger charge is 2.03. The zero-order valence-electron chi connectivity index (χ0n) is 10.1. The van der Waals surface area contributed by atoms with Crippen molar-refractivity contribution in [2.75, 3.05) is 27.3 Å². The van der Waals surface area contributed by atoms with E-state index in [2.05, 4.69) is 17.5 Å². The highest BCUT2D eigenvalue weighted by atomic mass is 16.5. The zero-order valence-corrected chi connectivity index (χ0v) is 10.1. The lowest BCUT2D eigenvalue weighted by Gasteiger charge is -2.09. The molecule has 16 heavy (non-hydrogen) atoms. The standard InChI is InChI=1S/C13H19NO2/c1-4-16-12-8-7-11(6-5-9-14-2)10-13(12)15-3/h5-8,10,14H,4,9H2,1-3H3. The molecule has 0 atom stereocenters. The van der Waals surface area contributed by atoms with Crippen LogP contribution in [0, 0.1) is 0 Å². The smallest absolute Gasteiger partial charge is 0.161 e. The van der Waals surface area contributed by atoms with Crippen LogP contribution in [0.5, 0.6) is 11.5 Å². The van der Waals surface area contributed by atoms with E-state index in [0.717, 1.165) is 23.6 Å². The molecule has 0 amide bonds. The molecule has 0 spiro atoms. The molecule has 0 unspecified atom stereocenters. The van der Waals surface area contributed by atoms with E-state index in [9.17, 15) is 0 Å². The molecule has 0 aliphatic heterocycles. The highest BCUT2D eigenvalue weighted by Crippen LogP contribution is 2.28. The van der Waals surface area contributed by atoms with Gasteiger partial charge in [-0.2, -0.15) is 0 Å². The molecule has 0 saturated carbocycles. The van der Waals surface area contributed by atoms with Gasteiger partial charge in [0.2, 0.25) is 0 Å². The Hall–Kier alpha value is -1.48. The summed E-state index contributed by atoms with van der Waals surface area (Å²) in [6.45, 7) is 3.46. The molecular formula is C13H19NO2. The monoisotopic (exact) mass is 221 g/mol. The van der Waals surface area contributed by atoms with Gasteiger partial charge in [-0.15, -0.1) is 0 Å². The normalized spacial score (nSPS) is 10.7. The Bertz CT molecular complexity index is 348. The third-order valence-electron chi connectivity index (χ3n) is 2.12. The summed E-state index contributed by atoms with van der Waals surface area (Å²) >= 11 is 0. The summed E-state index contributed by atoms with van der Waals surface area (Å²) in [4.78, 5) is 0. The summed E-state index contributed by atoms with van der Waals surface area (Å²) in [7, 11) is 3.57. The van der Waals surface area contributed by atoms with Crippen LogP contribution in [0.1, 0.15) is 12.5 Å². The molecular weight excluding hydrogens is 202 g/mol. The van der Waals surface area contributed by atoms with E-state index in [0.29, 0.717) is 6.61 Å². The van der Waals surface area contributed by atoms with Crippen molar-refractivity contribution in [2.45, 2.75) is 6.92 Å². The predicted octanol–water partition coefficient (Wildman–Crippen LogP) is 2.33. The molecule has 0 saturated heterocycles. The van der Waals surface area contributed by atoms with Gasteiger partial charge in [-0.1, -0.05) is 18.2 Å². The second kappa shape index (κ2) is 6.90. The maximum atomic E-state index is 5.45. The largest absolute Gasteiger partial charge is 0.493 e. The molecule has 0 fully saturated rings. The summed E-state index contributed by atoms with van der Waals surface area (Å²) in [5, 5.41) is 3.06. The maximum absolute atomic E-state index is 5.45. The number of hydrogen-bond donors (Lipinski definition) is 1. The Balaban J connectivity index is 2.81. The Kier molecular flexibility index (Phi) is 5.43. The lowest BCUT2D eigenvalue weighted by molar-refractivity contribution is 0.311. The van der Waals surface area contributed by atoms with Gasteiger partial charge in [-0.25, -0.2) is 0 Å². The quantitative estimate of drug-likeness (QED) is 0.799. The fourth-order valence-electron chi connectivity index (χ4n) is 1.38. The van der Waals surface area contributed by atoms with Gasteiger partial charge in [-0.3, -0.25) is 0 Å². The minimum absolute atomic E-state index is 0.644. The van der Waals surface area contributed by atoms with Crippen LogP contribution >= 0.6 is 0 Å². The topological polar surface area (TPSA) is 30.5 Å². The number of likely N-dealkylation sites (N-methyl/N-ethyl adjacent to an activating group) is 1. The molecule has 3 heteroatoms. The Morgan fingerprint density at radius 1 is 1.31 bits per heavy atom. The first-order valence-corrected chi connectivity index (χ1v) is 5.43. The van der Waals surface area contributed by atoms with Gasteiger partial charge in [0.05, 0.1) is 13.7 Å². The lowest BCUT2D eigenvalue weighted by atomic mass is 10.2. The summed E-state index contributed by atoms with van der Waals surface area (Å²) in [5.74, 6) is 1.56. The van der Waals surface area contributed by atoms with E-state index < -0.39 is 0 Å². The van der Waals surface area contributed by atoms with Crippen LogP contribution < -0.4 is 14.8 Å². The SMILES string of the molecule is CCOc1ccc(C=CCNC)cc1OC. The Morgan fingerprint density at radius 3 is 2.75 bits per heavy atom. The van der Waals surface area contributed by atoms with E-state index in [1.165, 1.54) is 0 Å². The second-order valence-electron chi connectivity index (χ2n) is 3.30. The number of rotatable bonds is 6. The molecule has 0 heterocycles. The molecule has 0 bridgehead atoms. The second-order valence-corrected chi connectivity index (χ2v) is 3.30. The van der Waals surface area contributed by atoms with Crippen LogP contribution in [-0.2, 0) is 0 Å². The van der Waals surface area contributed by atoms with Crippen LogP contribution in [-0.4, -0.2) is 27.3 Å². The molecule has 0 aliphatic carbocycles. The number of nitrogens with one attached hydrogen (secondary N) is 1. The fraction of sp³-hybridized carbons (Fsp3) is 0.385. The van der Waals surface area contributed by atoms with Gasteiger partial charge >= 0.3 is 0 Å². The molecule has 0 aromatic heterocycles. The molecule has 88 valence electrons. The van der Waals surface area contributed by atoms with E-state index >= 15 is 0 Å². The number of methoxy groups -OCH3 is 1. The number of benzene rings is 1. The number of ether oxygens (including phenoxy) is 2. The van der Waals surface area contributed by atoms with Crippen LogP contribution in [0.4, 0.5) is 0 Å². The van der Waals surface area contributed by atoms with Gasteiger partial charge in [0.15, 0.2) is 11.5 Å². The van der Waals surface area contributed by atoms with Crippen molar-refractivity contribution < 1.29 is 9.47 Å². The predicted molar refractivity (Wildman–Crippen MR) is 67.1 cm³/mol. The van der Waals surface area contributed by atoms with E-state index in [-0.39, 0.29) is 0 Å². The summed E-state index contributed by atoms with van der Waals surface area (Å²) in [6, 6.07) is 5.91. The van der Waals surface area contributed by atoms with Crippen molar-refractivity contribution in [1.82, 2.24) is 5.32 Å². The van der Waals surface area contributed by atoms with Gasteiger partial charge in [-0.05, 0) is 31.7 Å². The van der Waals surface area contributed by atoms with Crippen LogP contribution in [0.3, 0.4) is 0 Å². The van der Waals surface area contributed by atoms with E-state index in [1.807, 2.05) is 32.2 Å². The van der Waals surface area contributed by atoms with E-state index in [4.69, 9.17) is 9.47 Å². The summed E-state index contributed by atoms with van der Waals surface area (Å²) < 4.78 is 10.7. The Labute approximate surface area is 97.1 Å². The molecule has 0 aliphatic rings. The average Bonchev–Trinajstić information content (AvgIpc) is 2.31. The minimum atomic E-state index is 0.644. The van der Waals surface area contributed by atoms with E-state index in [1.54, 1.807) is 7.11 Å². The van der Waals surface area contributed by atoms with Crippen molar-refractivity contribution in [2.24, 2.45) is 0 Å². The first kappa shape index (κ1) is 12.6. The molecule has 1 N–H and O–H groups in total. The van der Waals surface area contributed by atoms with Crippen molar-refractivity contribution in [1.29, 1.82) is 0 Å². The molecule has 3 nitrogen and oxygen atoms in total. The van der Waals surface area contributed by atoms with Gasteiger partial charge in [0, 0.05) is 6.54 Å². The summed E-state index contributed by atoms with van der Waals surface area (Å²) in [5.41, 5.74) is 1.11. The molecule has 1 aromatic rings. The first-order valence-electron chi connectivity index (χ1n) is 5.43. The molecule has 1 aromatic carbocycles. The lowest BCUT2D eigenvalue weighted by Crippen LogP contribution is -2.03. The van der Waals surface area contributed by atoms with Gasteiger partial charge in [0.25, 0.3) is 0 Å². The van der Waals surface area contributed by atoms with Gasteiger partial charge in [0.1, 0.15) is 0 Å². The minimum Gasteiger partial charge on any atom is -0.493 e. The maximum Gasteiger partial charge on any atom is 0.161 e. The highest BCUT2D eigenvalue weighted by molar-refractivity contribution is 5.55. The third kappa shape index (κ3) is 3.59. The Morgan fingerprint density at radius 2 is 2.12 bits per heavy atom. The van der Waals surface area contributed by atoms with Gasteiger partial charge < -0.3 is 14.8 Å². The van der Waals surface area contributed by atoms with Crippen molar-refractivity contribution in [3.05, 3.63) is 29.8 Å². The average molecular weight is 221 g/mol. The zero-order chi connectivity index (χ0) is 11.8.